The fraction of sp³-hybridized carbons (Fsp3) is 0.562. The number of aliphatic hydroxyl groups excluding tert-OH is 4. The van der Waals surface area contributed by atoms with E-state index in [-0.39, 0.29) is 6.61 Å². The molecule has 12 nitrogen and oxygen atoms in total. The smallest absolute Gasteiger partial charge is 0.397 e. The van der Waals surface area contributed by atoms with Gasteiger partial charge >= 0.3 is 16.4 Å². The van der Waals surface area contributed by atoms with Gasteiger partial charge in [0.2, 0.25) is 0 Å². The molecule has 1 aromatic carbocycles. The van der Waals surface area contributed by atoms with Crippen molar-refractivity contribution >= 4 is 16.4 Å². The summed E-state index contributed by atoms with van der Waals surface area (Å²) in [6, 6.07) is 8.36. The summed E-state index contributed by atoms with van der Waals surface area (Å²) < 4.78 is 45.2. The molecule has 13 heteroatoms. The maximum absolute atomic E-state index is 11.8. The normalized spacial score (nSPS) is 29.9. The average molecular weight is 438 g/mol. The quantitative estimate of drug-likeness (QED) is 0.233. The molecule has 0 spiro atoms. The highest BCUT2D eigenvalue weighted by Gasteiger charge is 2.55. The lowest BCUT2D eigenvalue weighted by molar-refractivity contribution is -0.329. The minimum absolute atomic E-state index is 0.260. The summed E-state index contributed by atoms with van der Waals surface area (Å²) in [5.41, 5.74) is 0.567. The molecular formula is C16H22O12S. The second kappa shape index (κ2) is 9.42. The van der Waals surface area contributed by atoms with E-state index >= 15 is 0 Å². The van der Waals surface area contributed by atoms with Crippen LogP contribution in [0.25, 0.3) is 0 Å². The molecule has 0 aliphatic carbocycles. The monoisotopic (exact) mass is 438 g/mol. The SMILES string of the molecule is O=C(O)[C@@]1(OCc2ccccc2)C[C@@H](O)[C@@H](O)[C@@H](C(O)[C@H](CO)OS(=O)(=O)O)O1. The van der Waals surface area contributed by atoms with Crippen LogP contribution in [0.5, 0.6) is 0 Å². The van der Waals surface area contributed by atoms with Gasteiger partial charge in [0.15, 0.2) is 0 Å². The van der Waals surface area contributed by atoms with Gasteiger partial charge in [0.1, 0.15) is 24.4 Å². The van der Waals surface area contributed by atoms with Crippen molar-refractivity contribution in [1.82, 2.24) is 0 Å². The van der Waals surface area contributed by atoms with E-state index < -0.39 is 65.7 Å². The van der Waals surface area contributed by atoms with Crippen LogP contribution in [-0.2, 0) is 35.5 Å². The lowest BCUT2D eigenvalue weighted by Crippen LogP contribution is -2.64. The molecule has 0 saturated carbocycles. The van der Waals surface area contributed by atoms with Gasteiger partial charge < -0.3 is 35.0 Å². The summed E-state index contributed by atoms with van der Waals surface area (Å²) in [5.74, 6) is -4.18. The maximum atomic E-state index is 11.8. The van der Waals surface area contributed by atoms with Gasteiger partial charge in [-0.15, -0.1) is 0 Å². The summed E-state index contributed by atoms with van der Waals surface area (Å²) in [6.45, 7) is -1.40. The highest BCUT2D eigenvalue weighted by Crippen LogP contribution is 2.34. The lowest BCUT2D eigenvalue weighted by atomic mass is 9.90. The van der Waals surface area contributed by atoms with Crippen molar-refractivity contribution in [3.63, 3.8) is 0 Å². The van der Waals surface area contributed by atoms with Crippen molar-refractivity contribution in [2.45, 2.75) is 49.3 Å². The molecule has 6 N–H and O–H groups in total. The summed E-state index contributed by atoms with van der Waals surface area (Å²) in [6.07, 6.45) is -10.5. The molecule has 2 rings (SSSR count). The lowest BCUT2D eigenvalue weighted by Gasteiger charge is -2.44. The highest BCUT2D eigenvalue weighted by molar-refractivity contribution is 7.80. The van der Waals surface area contributed by atoms with Gasteiger partial charge in [0.25, 0.3) is 5.79 Å². The van der Waals surface area contributed by atoms with Crippen LogP contribution < -0.4 is 0 Å². The molecular weight excluding hydrogens is 416 g/mol. The van der Waals surface area contributed by atoms with Crippen molar-refractivity contribution in [3.05, 3.63) is 35.9 Å². The first kappa shape index (κ1) is 23.6. The molecule has 1 aliphatic heterocycles. The van der Waals surface area contributed by atoms with Crippen LogP contribution in [0.3, 0.4) is 0 Å². The van der Waals surface area contributed by atoms with Crippen molar-refractivity contribution < 1.29 is 57.0 Å². The molecule has 0 amide bonds. The van der Waals surface area contributed by atoms with Gasteiger partial charge in [0, 0.05) is 6.42 Å². The summed E-state index contributed by atoms with van der Waals surface area (Å²) in [4.78, 5) is 11.8. The van der Waals surface area contributed by atoms with Crippen LogP contribution in [0.2, 0.25) is 0 Å². The maximum Gasteiger partial charge on any atom is 0.397 e. The van der Waals surface area contributed by atoms with Crippen molar-refractivity contribution in [3.8, 4) is 0 Å². The van der Waals surface area contributed by atoms with Crippen LogP contribution in [0.1, 0.15) is 12.0 Å². The Morgan fingerprint density at radius 1 is 1.28 bits per heavy atom. The van der Waals surface area contributed by atoms with E-state index in [4.69, 9.17) is 14.0 Å². The van der Waals surface area contributed by atoms with Gasteiger partial charge in [-0.05, 0) is 5.56 Å². The molecule has 1 aromatic rings. The molecule has 0 radical (unpaired) electrons. The molecule has 164 valence electrons. The minimum Gasteiger partial charge on any atom is -0.477 e. The molecule has 29 heavy (non-hydrogen) atoms. The van der Waals surface area contributed by atoms with Crippen LogP contribution in [0.15, 0.2) is 30.3 Å². The Morgan fingerprint density at radius 3 is 2.41 bits per heavy atom. The number of hydrogen-bond acceptors (Lipinski definition) is 10. The summed E-state index contributed by atoms with van der Waals surface area (Å²) >= 11 is 0. The predicted octanol–water partition coefficient (Wildman–Crippen LogP) is -1.96. The average Bonchev–Trinajstić information content (AvgIpc) is 2.66. The topological polar surface area (TPSA) is 200 Å². The molecule has 6 atom stereocenters. The molecule has 1 heterocycles. The van der Waals surface area contributed by atoms with E-state index in [2.05, 4.69) is 4.18 Å². The Hall–Kier alpha value is -1.68. The van der Waals surface area contributed by atoms with E-state index in [1.54, 1.807) is 30.3 Å². The largest absolute Gasteiger partial charge is 0.477 e. The zero-order chi connectivity index (χ0) is 21.8. The van der Waals surface area contributed by atoms with E-state index in [0.717, 1.165) is 0 Å². The van der Waals surface area contributed by atoms with Gasteiger partial charge in [-0.2, -0.15) is 8.42 Å². The second-order valence-corrected chi connectivity index (χ2v) is 7.46. The van der Waals surface area contributed by atoms with Gasteiger partial charge in [-0.3, -0.25) is 4.55 Å². The number of hydrogen-bond donors (Lipinski definition) is 6. The fourth-order valence-corrected chi connectivity index (χ4v) is 3.34. The van der Waals surface area contributed by atoms with Crippen molar-refractivity contribution in [2.24, 2.45) is 0 Å². The summed E-state index contributed by atoms with van der Waals surface area (Å²) in [7, 11) is -5.11. The minimum atomic E-state index is -5.11. The molecule has 0 aromatic heterocycles. The molecule has 1 aliphatic rings. The standard InChI is InChI=1S/C16H22O12S/c17-7-11(28-29(23,24)25)13(20)14-12(19)10(18)6-16(27-14,15(21)22)26-8-9-4-2-1-3-5-9/h1-5,10-14,17-20H,6-8H2,(H,21,22)(H,23,24,25)/t10-,11+,12-,13?,14+,16-/m1/s1. The van der Waals surface area contributed by atoms with Crippen molar-refractivity contribution in [2.75, 3.05) is 6.61 Å². The Labute approximate surface area is 165 Å². The zero-order valence-corrected chi connectivity index (χ0v) is 15.8. The first-order valence-corrected chi connectivity index (χ1v) is 9.75. The number of carboxylic acid groups (broad SMARTS) is 1. The Bertz CT molecular complexity index is 784. The van der Waals surface area contributed by atoms with E-state index in [1.165, 1.54) is 0 Å². The number of aliphatic carboxylic acids is 1. The van der Waals surface area contributed by atoms with Gasteiger partial charge in [0.05, 0.1) is 19.3 Å². The van der Waals surface area contributed by atoms with Gasteiger partial charge in [-0.1, -0.05) is 30.3 Å². The first-order chi connectivity index (χ1) is 13.5. The number of aliphatic hydroxyl groups is 4. The van der Waals surface area contributed by atoms with E-state index in [1.807, 2.05) is 0 Å². The van der Waals surface area contributed by atoms with E-state index in [9.17, 15) is 38.7 Å². The number of rotatable bonds is 9. The second-order valence-electron chi connectivity index (χ2n) is 6.41. The first-order valence-electron chi connectivity index (χ1n) is 8.39. The Balaban J connectivity index is 2.27. The third-order valence-electron chi connectivity index (χ3n) is 4.32. The zero-order valence-electron chi connectivity index (χ0n) is 14.9. The Kier molecular flexibility index (Phi) is 7.67. The Morgan fingerprint density at radius 2 is 1.90 bits per heavy atom. The fourth-order valence-electron chi connectivity index (χ4n) is 2.85. The molecule has 1 unspecified atom stereocenters. The number of benzene rings is 1. The number of carbonyl (C=O) groups is 1. The third kappa shape index (κ3) is 5.91. The third-order valence-corrected chi connectivity index (χ3v) is 4.81. The molecule has 1 fully saturated rings. The van der Waals surface area contributed by atoms with Gasteiger partial charge in [-0.25, -0.2) is 8.98 Å². The van der Waals surface area contributed by atoms with Crippen molar-refractivity contribution in [1.29, 1.82) is 0 Å². The predicted molar refractivity (Wildman–Crippen MR) is 92.6 cm³/mol. The number of ether oxygens (including phenoxy) is 2. The number of carboxylic acids is 1. The van der Waals surface area contributed by atoms with Crippen LogP contribution >= 0.6 is 0 Å². The summed E-state index contributed by atoms with van der Waals surface area (Å²) in [5, 5.41) is 49.3. The van der Waals surface area contributed by atoms with E-state index in [0.29, 0.717) is 5.56 Å². The van der Waals surface area contributed by atoms with Crippen LogP contribution in [0.4, 0.5) is 0 Å². The molecule has 1 saturated heterocycles. The highest BCUT2D eigenvalue weighted by atomic mass is 32.3. The van der Waals surface area contributed by atoms with Crippen LogP contribution in [-0.4, -0.2) is 87.4 Å². The van der Waals surface area contributed by atoms with Crippen LogP contribution in [0, 0.1) is 0 Å². The molecule has 0 bridgehead atoms.